The van der Waals surface area contributed by atoms with Gasteiger partial charge in [-0.15, -0.1) is 0 Å². The Morgan fingerprint density at radius 3 is 2.73 bits per heavy atom. The highest BCUT2D eigenvalue weighted by atomic mass is 32.1. The summed E-state index contributed by atoms with van der Waals surface area (Å²) in [6.07, 6.45) is 1.49. The Labute approximate surface area is 174 Å². The normalized spacial score (nSPS) is 13.2. The summed E-state index contributed by atoms with van der Waals surface area (Å²) in [4.78, 5) is 43.6. The van der Waals surface area contributed by atoms with E-state index in [1.165, 1.54) is 35.8 Å². The van der Waals surface area contributed by atoms with Crippen LogP contribution in [0.25, 0.3) is 10.2 Å². The van der Waals surface area contributed by atoms with Crippen LogP contribution in [0.15, 0.2) is 59.2 Å². The molecule has 2 aromatic heterocycles. The number of carbonyl (C=O) groups is 3. The molecule has 0 bridgehead atoms. The largest absolute Gasteiger partial charge is 0.467 e. The first kappa shape index (κ1) is 18.3. The lowest BCUT2D eigenvalue weighted by Gasteiger charge is -2.11. The van der Waals surface area contributed by atoms with Gasteiger partial charge in [-0.1, -0.05) is 17.4 Å². The van der Waals surface area contributed by atoms with Crippen molar-refractivity contribution in [3.8, 4) is 0 Å². The van der Waals surface area contributed by atoms with Gasteiger partial charge in [-0.05, 0) is 55.0 Å². The van der Waals surface area contributed by atoms with Crippen LogP contribution in [0.1, 0.15) is 42.4 Å². The van der Waals surface area contributed by atoms with E-state index in [9.17, 15) is 14.4 Å². The van der Waals surface area contributed by atoms with Crippen molar-refractivity contribution in [3.05, 3.63) is 82.8 Å². The Morgan fingerprint density at radius 1 is 1.10 bits per heavy atom. The van der Waals surface area contributed by atoms with Crippen LogP contribution in [0.2, 0.25) is 0 Å². The average molecular weight is 417 g/mol. The molecule has 2 aromatic carbocycles. The fourth-order valence-electron chi connectivity index (χ4n) is 3.39. The van der Waals surface area contributed by atoms with Crippen LogP contribution in [0.4, 0.5) is 5.13 Å². The molecule has 0 saturated carbocycles. The molecular formula is C22H15N3O4S. The van der Waals surface area contributed by atoms with E-state index in [4.69, 9.17) is 4.42 Å². The van der Waals surface area contributed by atoms with Crippen molar-refractivity contribution >= 4 is 44.4 Å². The molecule has 4 aromatic rings. The molecule has 0 atom stereocenters. The second-order valence-electron chi connectivity index (χ2n) is 6.98. The number of benzene rings is 2. The SMILES string of the molecule is Cc1ccc2nc(NC(=O)c3ccc4c(c3)C(=O)N(Cc3ccco3)C4=O)sc2c1. The van der Waals surface area contributed by atoms with E-state index in [0.29, 0.717) is 10.9 Å². The van der Waals surface area contributed by atoms with Crippen molar-refractivity contribution in [3.63, 3.8) is 0 Å². The second-order valence-corrected chi connectivity index (χ2v) is 8.01. The Bertz CT molecular complexity index is 1320. The van der Waals surface area contributed by atoms with Crippen LogP contribution < -0.4 is 5.32 Å². The summed E-state index contributed by atoms with van der Waals surface area (Å²) in [6.45, 7) is 2.04. The molecule has 1 aliphatic rings. The zero-order valence-corrected chi connectivity index (χ0v) is 16.7. The minimum absolute atomic E-state index is 0.0476. The molecule has 30 heavy (non-hydrogen) atoms. The number of hydrogen-bond acceptors (Lipinski definition) is 6. The maximum Gasteiger partial charge on any atom is 0.261 e. The van der Waals surface area contributed by atoms with Crippen LogP contribution in [0.3, 0.4) is 0 Å². The van der Waals surface area contributed by atoms with Crippen LogP contribution in [0, 0.1) is 6.92 Å². The van der Waals surface area contributed by atoms with E-state index in [2.05, 4.69) is 10.3 Å². The first-order chi connectivity index (χ1) is 14.5. The molecule has 0 aliphatic carbocycles. The van der Waals surface area contributed by atoms with Crippen molar-refractivity contribution in [2.45, 2.75) is 13.5 Å². The maximum atomic E-state index is 12.7. The minimum atomic E-state index is -0.448. The highest BCUT2D eigenvalue weighted by molar-refractivity contribution is 7.22. The monoisotopic (exact) mass is 417 g/mol. The number of furan rings is 1. The fourth-order valence-corrected chi connectivity index (χ4v) is 4.35. The van der Waals surface area contributed by atoms with Crippen LogP contribution in [-0.4, -0.2) is 27.6 Å². The Hall–Kier alpha value is -3.78. The van der Waals surface area contributed by atoms with Crippen LogP contribution >= 0.6 is 11.3 Å². The van der Waals surface area contributed by atoms with Crippen molar-refractivity contribution in [1.29, 1.82) is 0 Å². The predicted molar refractivity (Wildman–Crippen MR) is 112 cm³/mol. The number of hydrogen-bond donors (Lipinski definition) is 1. The summed E-state index contributed by atoms with van der Waals surface area (Å²) in [5.74, 6) is -0.733. The molecule has 8 heteroatoms. The van der Waals surface area contributed by atoms with Crippen molar-refractivity contribution in [1.82, 2.24) is 9.88 Å². The van der Waals surface area contributed by atoms with E-state index < -0.39 is 17.7 Å². The molecule has 0 radical (unpaired) electrons. The number of carbonyl (C=O) groups excluding carboxylic acids is 3. The molecule has 0 spiro atoms. The lowest BCUT2D eigenvalue weighted by molar-refractivity contribution is 0.0631. The molecule has 1 aliphatic heterocycles. The van der Waals surface area contributed by atoms with E-state index in [-0.39, 0.29) is 23.2 Å². The number of amides is 3. The van der Waals surface area contributed by atoms with Crippen molar-refractivity contribution in [2.75, 3.05) is 5.32 Å². The maximum absolute atomic E-state index is 12.7. The molecule has 0 unspecified atom stereocenters. The Balaban J connectivity index is 1.39. The molecule has 3 heterocycles. The molecule has 0 saturated heterocycles. The number of nitrogens with one attached hydrogen (secondary N) is 1. The fraction of sp³-hybridized carbons (Fsp3) is 0.0909. The Morgan fingerprint density at radius 2 is 1.93 bits per heavy atom. The van der Waals surface area contributed by atoms with Gasteiger partial charge in [-0.3, -0.25) is 24.6 Å². The van der Waals surface area contributed by atoms with Gasteiger partial charge in [0.1, 0.15) is 5.76 Å². The summed E-state index contributed by atoms with van der Waals surface area (Å²) in [5, 5.41) is 3.25. The summed E-state index contributed by atoms with van der Waals surface area (Å²) >= 11 is 1.38. The summed E-state index contributed by atoms with van der Waals surface area (Å²) < 4.78 is 6.22. The van der Waals surface area contributed by atoms with E-state index in [0.717, 1.165) is 20.7 Å². The number of aryl methyl sites for hydroxylation is 1. The number of thiazole rings is 1. The molecule has 148 valence electrons. The molecule has 3 amide bonds. The van der Waals surface area contributed by atoms with Crippen LogP contribution in [-0.2, 0) is 6.54 Å². The minimum Gasteiger partial charge on any atom is -0.467 e. The third kappa shape index (κ3) is 3.07. The van der Waals surface area contributed by atoms with Gasteiger partial charge in [0.15, 0.2) is 5.13 Å². The molecule has 1 N–H and O–H groups in total. The molecular weight excluding hydrogens is 402 g/mol. The highest BCUT2D eigenvalue weighted by Gasteiger charge is 2.36. The number of imide groups is 1. The Kier molecular flexibility index (Phi) is 4.22. The first-order valence-electron chi connectivity index (χ1n) is 9.21. The topological polar surface area (TPSA) is 92.5 Å². The quantitative estimate of drug-likeness (QED) is 0.501. The number of anilines is 1. The number of aromatic nitrogens is 1. The molecule has 0 fully saturated rings. The van der Waals surface area contributed by atoms with E-state index in [1.807, 2.05) is 25.1 Å². The van der Waals surface area contributed by atoms with Gasteiger partial charge in [0.2, 0.25) is 0 Å². The van der Waals surface area contributed by atoms with Gasteiger partial charge in [0.05, 0.1) is 34.2 Å². The standard InChI is InChI=1S/C22H15N3O4S/c1-12-4-7-17-18(9-12)30-22(23-17)24-19(26)13-5-6-15-16(10-13)21(28)25(20(15)27)11-14-3-2-8-29-14/h2-10H,11H2,1H3,(H,23,24,26). The van der Waals surface area contributed by atoms with E-state index in [1.54, 1.807) is 12.1 Å². The average Bonchev–Trinajstić information content (AvgIpc) is 3.43. The van der Waals surface area contributed by atoms with Crippen molar-refractivity contribution in [2.24, 2.45) is 0 Å². The van der Waals surface area contributed by atoms with Gasteiger partial charge in [-0.25, -0.2) is 4.98 Å². The second kappa shape index (κ2) is 6.93. The first-order valence-corrected chi connectivity index (χ1v) is 10.0. The lowest BCUT2D eigenvalue weighted by Crippen LogP contribution is -2.28. The zero-order chi connectivity index (χ0) is 20.8. The number of rotatable bonds is 4. The van der Waals surface area contributed by atoms with Gasteiger partial charge >= 0.3 is 0 Å². The molecule has 5 rings (SSSR count). The van der Waals surface area contributed by atoms with E-state index >= 15 is 0 Å². The van der Waals surface area contributed by atoms with Gasteiger partial charge < -0.3 is 4.42 Å². The predicted octanol–water partition coefficient (Wildman–Crippen LogP) is 4.25. The highest BCUT2D eigenvalue weighted by Crippen LogP contribution is 2.29. The summed E-state index contributed by atoms with van der Waals surface area (Å²) in [6, 6.07) is 13.8. The lowest BCUT2D eigenvalue weighted by atomic mass is 10.1. The zero-order valence-electron chi connectivity index (χ0n) is 15.8. The van der Waals surface area contributed by atoms with Crippen LogP contribution in [0.5, 0.6) is 0 Å². The smallest absolute Gasteiger partial charge is 0.261 e. The molecule has 7 nitrogen and oxygen atoms in total. The third-order valence-electron chi connectivity index (χ3n) is 4.89. The van der Waals surface area contributed by atoms with Gasteiger partial charge in [0, 0.05) is 5.56 Å². The van der Waals surface area contributed by atoms with Gasteiger partial charge in [-0.2, -0.15) is 0 Å². The van der Waals surface area contributed by atoms with Gasteiger partial charge in [0.25, 0.3) is 17.7 Å². The summed E-state index contributed by atoms with van der Waals surface area (Å²) in [7, 11) is 0. The summed E-state index contributed by atoms with van der Waals surface area (Å²) in [5.41, 5.74) is 2.69. The number of nitrogens with zero attached hydrogens (tertiary/aromatic N) is 2. The third-order valence-corrected chi connectivity index (χ3v) is 5.82. The number of fused-ring (bicyclic) bond motifs is 2. The van der Waals surface area contributed by atoms with Crippen molar-refractivity contribution < 1.29 is 18.8 Å².